The van der Waals surface area contributed by atoms with Crippen LogP contribution >= 0.6 is 0 Å². The number of aromatic nitrogens is 3. The molecule has 2 aromatic heterocycles. The molecule has 0 bridgehead atoms. The van der Waals surface area contributed by atoms with Gasteiger partial charge < -0.3 is 10.6 Å². The lowest BCUT2D eigenvalue weighted by atomic mass is 10.0. The van der Waals surface area contributed by atoms with E-state index >= 15 is 0 Å². The summed E-state index contributed by atoms with van der Waals surface area (Å²) in [5.74, 6) is 2.07. The van der Waals surface area contributed by atoms with E-state index in [0.29, 0.717) is 12.5 Å². The Kier molecular flexibility index (Phi) is 6.57. The van der Waals surface area contributed by atoms with Crippen molar-refractivity contribution in [2.75, 3.05) is 13.1 Å². The van der Waals surface area contributed by atoms with Gasteiger partial charge in [0.05, 0.1) is 6.54 Å². The molecule has 0 fully saturated rings. The van der Waals surface area contributed by atoms with Crippen molar-refractivity contribution in [3.8, 4) is 5.82 Å². The van der Waals surface area contributed by atoms with E-state index in [1.54, 1.807) is 18.7 Å². The maximum Gasteiger partial charge on any atom is 0.191 e. The number of rotatable bonds is 7. The third-order valence-electron chi connectivity index (χ3n) is 4.29. The SMILES string of the molecule is CCNC(=NCc1ccnc(-n2ccnc2)c1)NCC(C)c1ccccc1. The van der Waals surface area contributed by atoms with E-state index in [1.165, 1.54) is 5.56 Å². The monoisotopic (exact) mass is 362 g/mol. The molecule has 3 rings (SSSR count). The molecule has 0 saturated carbocycles. The molecule has 3 aromatic rings. The molecule has 0 aliphatic heterocycles. The summed E-state index contributed by atoms with van der Waals surface area (Å²) in [5, 5.41) is 6.75. The van der Waals surface area contributed by atoms with Crippen LogP contribution in [0.2, 0.25) is 0 Å². The number of nitrogens with zero attached hydrogens (tertiary/aromatic N) is 4. The maximum atomic E-state index is 4.71. The van der Waals surface area contributed by atoms with Gasteiger partial charge in [0.2, 0.25) is 0 Å². The summed E-state index contributed by atoms with van der Waals surface area (Å²) in [6.45, 7) is 6.52. The molecule has 1 aromatic carbocycles. The van der Waals surface area contributed by atoms with E-state index < -0.39 is 0 Å². The molecular weight excluding hydrogens is 336 g/mol. The van der Waals surface area contributed by atoms with Crippen LogP contribution in [-0.4, -0.2) is 33.6 Å². The second kappa shape index (κ2) is 9.52. The minimum absolute atomic E-state index is 0.406. The van der Waals surface area contributed by atoms with Crippen molar-refractivity contribution in [2.24, 2.45) is 4.99 Å². The van der Waals surface area contributed by atoms with Crippen LogP contribution in [0.15, 0.2) is 72.4 Å². The van der Waals surface area contributed by atoms with Gasteiger partial charge in [-0.15, -0.1) is 0 Å². The molecular formula is C21H26N6. The van der Waals surface area contributed by atoms with Gasteiger partial charge in [0, 0.05) is 31.7 Å². The lowest BCUT2D eigenvalue weighted by Gasteiger charge is -2.16. The van der Waals surface area contributed by atoms with E-state index in [9.17, 15) is 0 Å². The Labute approximate surface area is 160 Å². The van der Waals surface area contributed by atoms with Gasteiger partial charge in [0.1, 0.15) is 12.1 Å². The average molecular weight is 362 g/mol. The lowest BCUT2D eigenvalue weighted by molar-refractivity contribution is 0.699. The zero-order valence-corrected chi connectivity index (χ0v) is 15.8. The Morgan fingerprint density at radius 2 is 2.00 bits per heavy atom. The molecule has 6 heteroatoms. The van der Waals surface area contributed by atoms with Crippen molar-refractivity contribution in [3.63, 3.8) is 0 Å². The van der Waals surface area contributed by atoms with Crippen LogP contribution in [0, 0.1) is 0 Å². The van der Waals surface area contributed by atoms with Gasteiger partial charge in [0.25, 0.3) is 0 Å². The minimum atomic E-state index is 0.406. The fourth-order valence-corrected chi connectivity index (χ4v) is 2.76. The van der Waals surface area contributed by atoms with Gasteiger partial charge in [0.15, 0.2) is 5.96 Å². The molecule has 2 N–H and O–H groups in total. The minimum Gasteiger partial charge on any atom is -0.357 e. The first-order valence-electron chi connectivity index (χ1n) is 9.26. The first-order valence-corrected chi connectivity index (χ1v) is 9.26. The summed E-state index contributed by atoms with van der Waals surface area (Å²) in [6, 6.07) is 14.5. The summed E-state index contributed by atoms with van der Waals surface area (Å²) >= 11 is 0. The number of nitrogens with one attached hydrogen (secondary N) is 2. The highest BCUT2D eigenvalue weighted by Gasteiger charge is 2.06. The van der Waals surface area contributed by atoms with Crippen molar-refractivity contribution in [2.45, 2.75) is 26.3 Å². The van der Waals surface area contributed by atoms with Gasteiger partial charge in [-0.1, -0.05) is 37.3 Å². The Hall–Kier alpha value is -3.15. The molecule has 27 heavy (non-hydrogen) atoms. The highest BCUT2D eigenvalue weighted by molar-refractivity contribution is 5.79. The van der Waals surface area contributed by atoms with Crippen LogP contribution < -0.4 is 10.6 Å². The summed E-state index contributed by atoms with van der Waals surface area (Å²) < 4.78 is 1.89. The zero-order valence-electron chi connectivity index (χ0n) is 15.8. The van der Waals surface area contributed by atoms with E-state index in [2.05, 4.69) is 58.7 Å². The predicted octanol–water partition coefficient (Wildman–Crippen LogP) is 3.13. The Morgan fingerprint density at radius 3 is 2.74 bits per heavy atom. The fraction of sp³-hybridized carbons (Fsp3) is 0.286. The van der Waals surface area contributed by atoms with Crippen LogP contribution in [0.25, 0.3) is 5.82 Å². The van der Waals surface area contributed by atoms with Crippen LogP contribution in [0.4, 0.5) is 0 Å². The molecule has 0 spiro atoms. The van der Waals surface area contributed by atoms with E-state index in [4.69, 9.17) is 4.99 Å². The highest BCUT2D eigenvalue weighted by Crippen LogP contribution is 2.13. The largest absolute Gasteiger partial charge is 0.357 e. The fourth-order valence-electron chi connectivity index (χ4n) is 2.76. The Morgan fingerprint density at radius 1 is 1.15 bits per heavy atom. The van der Waals surface area contributed by atoms with Crippen LogP contribution in [0.5, 0.6) is 0 Å². The summed E-state index contributed by atoms with van der Waals surface area (Å²) in [4.78, 5) is 13.2. The third kappa shape index (κ3) is 5.41. The molecule has 1 atom stereocenters. The van der Waals surface area contributed by atoms with Crippen LogP contribution in [0.1, 0.15) is 30.9 Å². The molecule has 0 saturated heterocycles. The molecule has 1 unspecified atom stereocenters. The summed E-state index contributed by atoms with van der Waals surface area (Å²) in [5.41, 5.74) is 2.42. The molecule has 0 aliphatic carbocycles. The zero-order chi connectivity index (χ0) is 18.9. The molecule has 0 amide bonds. The maximum absolute atomic E-state index is 4.71. The molecule has 140 valence electrons. The number of hydrogen-bond donors (Lipinski definition) is 2. The first-order chi connectivity index (χ1) is 13.3. The van der Waals surface area contributed by atoms with E-state index in [-0.39, 0.29) is 0 Å². The number of pyridine rings is 1. The molecule has 2 heterocycles. The second-order valence-corrected chi connectivity index (χ2v) is 6.38. The van der Waals surface area contributed by atoms with Crippen LogP contribution in [-0.2, 0) is 6.54 Å². The average Bonchev–Trinajstić information content (AvgIpc) is 3.26. The number of benzene rings is 1. The predicted molar refractivity (Wildman–Crippen MR) is 109 cm³/mol. The second-order valence-electron chi connectivity index (χ2n) is 6.38. The summed E-state index contributed by atoms with van der Waals surface area (Å²) in [6.07, 6.45) is 7.17. The number of hydrogen-bond acceptors (Lipinski definition) is 3. The van der Waals surface area contributed by atoms with Crippen molar-refractivity contribution >= 4 is 5.96 Å². The van der Waals surface area contributed by atoms with Crippen LogP contribution in [0.3, 0.4) is 0 Å². The normalized spacial score (nSPS) is 12.6. The van der Waals surface area contributed by atoms with Crippen molar-refractivity contribution in [1.29, 1.82) is 0 Å². The van der Waals surface area contributed by atoms with Gasteiger partial charge in [-0.25, -0.2) is 15.0 Å². The third-order valence-corrected chi connectivity index (χ3v) is 4.29. The standard InChI is InChI=1S/C21H26N6/c1-3-23-21(25-14-17(2)19-7-5-4-6-8-19)26-15-18-9-10-24-20(13-18)27-12-11-22-16-27/h4-13,16-17H,3,14-15H2,1-2H3,(H2,23,25,26). The van der Waals surface area contributed by atoms with Crippen molar-refractivity contribution < 1.29 is 0 Å². The Balaban J connectivity index is 1.63. The van der Waals surface area contributed by atoms with Gasteiger partial charge in [-0.05, 0) is 36.1 Å². The van der Waals surface area contributed by atoms with Gasteiger partial charge in [-0.3, -0.25) is 4.57 Å². The number of guanidine groups is 1. The van der Waals surface area contributed by atoms with Crippen molar-refractivity contribution in [3.05, 3.63) is 78.5 Å². The number of imidazole rings is 1. The molecule has 6 nitrogen and oxygen atoms in total. The molecule has 0 radical (unpaired) electrons. The smallest absolute Gasteiger partial charge is 0.191 e. The Bertz CT molecular complexity index is 842. The first kappa shape index (κ1) is 18.6. The lowest BCUT2D eigenvalue weighted by Crippen LogP contribution is -2.39. The van der Waals surface area contributed by atoms with Gasteiger partial charge >= 0.3 is 0 Å². The topological polar surface area (TPSA) is 67.1 Å². The van der Waals surface area contributed by atoms with E-state index in [1.807, 2.05) is 29.0 Å². The van der Waals surface area contributed by atoms with Gasteiger partial charge in [-0.2, -0.15) is 0 Å². The highest BCUT2D eigenvalue weighted by atomic mass is 15.2. The summed E-state index contributed by atoms with van der Waals surface area (Å²) in [7, 11) is 0. The molecule has 0 aliphatic rings. The van der Waals surface area contributed by atoms with Crippen molar-refractivity contribution in [1.82, 2.24) is 25.2 Å². The number of aliphatic imine (C=N–C) groups is 1. The quantitative estimate of drug-likeness (QED) is 0.501. The van der Waals surface area contributed by atoms with E-state index in [0.717, 1.165) is 30.4 Å².